The molecule has 0 radical (unpaired) electrons. The summed E-state index contributed by atoms with van der Waals surface area (Å²) in [6.45, 7) is 0. The molecule has 0 bridgehead atoms. The molecule has 1 aliphatic rings. The summed E-state index contributed by atoms with van der Waals surface area (Å²) in [5.74, 6) is -1.09. The first kappa shape index (κ1) is 16.4. The van der Waals surface area contributed by atoms with E-state index in [1.165, 1.54) is 5.56 Å². The van der Waals surface area contributed by atoms with Gasteiger partial charge in [-0.05, 0) is 30.2 Å². The molecule has 2 aromatic carbocycles. The number of anilines is 1. The average molecular weight is 342 g/mol. The van der Waals surface area contributed by atoms with E-state index in [2.05, 4.69) is 10.6 Å². The van der Waals surface area contributed by atoms with Crippen LogP contribution in [0.5, 0.6) is 0 Å². The fraction of sp³-hybridized carbons (Fsp3) is 0.222. The third-order valence-corrected chi connectivity index (χ3v) is 4.88. The topological polar surface area (TPSA) is 75.3 Å². The van der Waals surface area contributed by atoms with Crippen LogP contribution in [0.1, 0.15) is 17.9 Å². The monoisotopic (exact) mass is 342 g/mol. The van der Waals surface area contributed by atoms with Crippen LogP contribution in [-0.2, 0) is 20.4 Å². The Balaban J connectivity index is 1.55. The maximum atomic E-state index is 12.0. The molecule has 1 saturated carbocycles. The fourth-order valence-electron chi connectivity index (χ4n) is 2.60. The highest BCUT2D eigenvalue weighted by Gasteiger charge is 2.40. The predicted molar refractivity (Wildman–Crippen MR) is 93.1 cm³/mol. The minimum absolute atomic E-state index is 0.000120. The van der Waals surface area contributed by atoms with Crippen molar-refractivity contribution < 1.29 is 13.8 Å². The number of benzene rings is 2. The Morgan fingerprint density at radius 1 is 1.04 bits per heavy atom. The van der Waals surface area contributed by atoms with Crippen molar-refractivity contribution in [1.82, 2.24) is 5.32 Å². The lowest BCUT2D eigenvalue weighted by Crippen LogP contribution is -2.37. The number of hydrogen-bond acceptors (Lipinski definition) is 3. The van der Waals surface area contributed by atoms with E-state index in [-0.39, 0.29) is 12.0 Å². The predicted octanol–water partition coefficient (Wildman–Crippen LogP) is 2.03. The van der Waals surface area contributed by atoms with Gasteiger partial charge in [0, 0.05) is 39.6 Å². The van der Waals surface area contributed by atoms with E-state index in [0.717, 1.165) is 6.42 Å². The lowest BCUT2D eigenvalue weighted by atomic mass is 10.1. The number of carbonyl (C=O) groups is 2. The van der Waals surface area contributed by atoms with Crippen LogP contribution in [0, 0.1) is 0 Å². The molecule has 0 saturated heterocycles. The largest absolute Gasteiger partial charge is 0.344 e. The van der Waals surface area contributed by atoms with Gasteiger partial charge in [-0.2, -0.15) is 0 Å². The Morgan fingerprint density at radius 2 is 1.79 bits per heavy atom. The van der Waals surface area contributed by atoms with Crippen molar-refractivity contribution >= 4 is 28.3 Å². The number of carbonyl (C=O) groups excluding carboxylic acids is 2. The summed E-state index contributed by atoms with van der Waals surface area (Å²) in [5.41, 5.74) is 1.62. The molecule has 2 aromatic rings. The van der Waals surface area contributed by atoms with Crippen molar-refractivity contribution in [3.05, 3.63) is 60.2 Å². The van der Waals surface area contributed by atoms with Gasteiger partial charge < -0.3 is 10.6 Å². The molecule has 3 unspecified atom stereocenters. The van der Waals surface area contributed by atoms with Crippen LogP contribution in [-0.4, -0.2) is 28.3 Å². The quantitative estimate of drug-likeness (QED) is 0.835. The van der Waals surface area contributed by atoms with E-state index in [9.17, 15) is 13.8 Å². The van der Waals surface area contributed by atoms with Gasteiger partial charge in [0.25, 0.3) is 0 Å². The Kier molecular flexibility index (Phi) is 4.76. The molecule has 0 heterocycles. The minimum Gasteiger partial charge on any atom is -0.344 e. The summed E-state index contributed by atoms with van der Waals surface area (Å²) in [4.78, 5) is 24.6. The fourth-order valence-corrected chi connectivity index (χ4v) is 3.16. The molecular weight excluding hydrogens is 324 g/mol. The summed E-state index contributed by atoms with van der Waals surface area (Å²) in [6.07, 6.45) is 2.40. The summed E-state index contributed by atoms with van der Waals surface area (Å²) in [7, 11) is -1.14. The van der Waals surface area contributed by atoms with Gasteiger partial charge in [-0.15, -0.1) is 0 Å². The van der Waals surface area contributed by atoms with E-state index in [4.69, 9.17) is 0 Å². The summed E-state index contributed by atoms with van der Waals surface area (Å²) >= 11 is 0. The molecule has 3 rings (SSSR count). The van der Waals surface area contributed by atoms with E-state index in [0.29, 0.717) is 10.6 Å². The maximum absolute atomic E-state index is 12.0. The minimum atomic E-state index is -1.14. The summed E-state index contributed by atoms with van der Waals surface area (Å²) in [5, 5.41) is 5.29. The molecule has 3 atom stereocenters. The number of rotatable bonds is 4. The van der Waals surface area contributed by atoms with Gasteiger partial charge in [0.1, 0.15) is 0 Å². The molecule has 0 aliphatic heterocycles. The van der Waals surface area contributed by atoms with E-state index >= 15 is 0 Å². The first-order valence-corrected chi connectivity index (χ1v) is 9.20. The molecule has 2 amide bonds. The van der Waals surface area contributed by atoms with Crippen molar-refractivity contribution in [2.75, 3.05) is 11.6 Å². The third-order valence-electron chi connectivity index (χ3n) is 3.96. The van der Waals surface area contributed by atoms with Gasteiger partial charge in [0.05, 0.1) is 0 Å². The second kappa shape index (κ2) is 6.97. The van der Waals surface area contributed by atoms with Crippen molar-refractivity contribution in [3.63, 3.8) is 0 Å². The molecule has 1 aliphatic carbocycles. The number of hydrogen-bond donors (Lipinski definition) is 2. The van der Waals surface area contributed by atoms with Crippen LogP contribution in [0.15, 0.2) is 59.5 Å². The molecule has 124 valence electrons. The SMILES string of the molecule is CS(=O)c1cccc(NC(=O)C(=O)NC2CC2c2ccccc2)c1. The normalized spacial score (nSPS) is 20.0. The molecule has 2 N–H and O–H groups in total. The highest BCUT2D eigenvalue weighted by atomic mass is 32.2. The first-order valence-electron chi connectivity index (χ1n) is 7.65. The molecule has 24 heavy (non-hydrogen) atoms. The zero-order chi connectivity index (χ0) is 17.1. The van der Waals surface area contributed by atoms with Gasteiger partial charge in [0.2, 0.25) is 0 Å². The van der Waals surface area contributed by atoms with Crippen LogP contribution in [0.4, 0.5) is 5.69 Å². The number of nitrogens with one attached hydrogen (secondary N) is 2. The van der Waals surface area contributed by atoms with Crippen LogP contribution >= 0.6 is 0 Å². The first-order chi connectivity index (χ1) is 11.5. The van der Waals surface area contributed by atoms with Crippen LogP contribution in [0.25, 0.3) is 0 Å². The number of amides is 2. The van der Waals surface area contributed by atoms with Crippen molar-refractivity contribution in [2.45, 2.75) is 23.3 Å². The van der Waals surface area contributed by atoms with E-state index < -0.39 is 22.6 Å². The summed E-state index contributed by atoms with van der Waals surface area (Å²) < 4.78 is 11.5. The van der Waals surface area contributed by atoms with Gasteiger partial charge >= 0.3 is 11.8 Å². The second-order valence-corrected chi connectivity index (χ2v) is 7.15. The molecular formula is C18H18N2O3S. The molecule has 0 spiro atoms. The van der Waals surface area contributed by atoms with Crippen molar-refractivity contribution in [2.24, 2.45) is 0 Å². The average Bonchev–Trinajstić information content (AvgIpc) is 3.35. The van der Waals surface area contributed by atoms with Crippen LogP contribution in [0.3, 0.4) is 0 Å². The van der Waals surface area contributed by atoms with E-state index in [1.54, 1.807) is 30.5 Å². The lowest BCUT2D eigenvalue weighted by Gasteiger charge is -2.07. The zero-order valence-electron chi connectivity index (χ0n) is 13.2. The van der Waals surface area contributed by atoms with Crippen LogP contribution in [0.2, 0.25) is 0 Å². The summed E-state index contributed by atoms with van der Waals surface area (Å²) in [6, 6.07) is 16.6. The second-order valence-electron chi connectivity index (χ2n) is 5.77. The Bertz CT molecular complexity index is 792. The Morgan fingerprint density at radius 3 is 2.50 bits per heavy atom. The van der Waals surface area contributed by atoms with Crippen LogP contribution < -0.4 is 10.6 Å². The molecule has 0 aromatic heterocycles. The highest BCUT2D eigenvalue weighted by molar-refractivity contribution is 7.84. The molecule has 1 fully saturated rings. The van der Waals surface area contributed by atoms with Gasteiger partial charge in [-0.3, -0.25) is 13.8 Å². The molecule has 5 nitrogen and oxygen atoms in total. The third kappa shape index (κ3) is 3.89. The van der Waals surface area contributed by atoms with Gasteiger partial charge in [-0.1, -0.05) is 36.4 Å². The zero-order valence-corrected chi connectivity index (χ0v) is 14.0. The van der Waals surface area contributed by atoms with Crippen molar-refractivity contribution in [3.8, 4) is 0 Å². The van der Waals surface area contributed by atoms with E-state index in [1.807, 2.05) is 30.3 Å². The lowest BCUT2D eigenvalue weighted by molar-refractivity contribution is -0.136. The highest BCUT2D eigenvalue weighted by Crippen LogP contribution is 2.40. The molecule has 6 heteroatoms. The standard InChI is InChI=1S/C18H18N2O3S/c1-24(23)14-9-5-8-13(10-14)19-17(21)18(22)20-16-11-15(16)12-6-3-2-4-7-12/h2-10,15-16H,11H2,1H3,(H,19,21)(H,20,22). The van der Waals surface area contributed by atoms with Gasteiger partial charge in [-0.25, -0.2) is 0 Å². The Hall–Kier alpha value is -2.47. The Labute approximate surface area is 142 Å². The van der Waals surface area contributed by atoms with Crippen molar-refractivity contribution in [1.29, 1.82) is 0 Å². The van der Waals surface area contributed by atoms with Gasteiger partial charge in [0.15, 0.2) is 0 Å². The smallest absolute Gasteiger partial charge is 0.313 e. The maximum Gasteiger partial charge on any atom is 0.313 e.